The number of hydrogen-bond donors (Lipinski definition) is 0. The van der Waals surface area contributed by atoms with Crippen LogP contribution in [0.5, 0.6) is 0 Å². The highest BCUT2D eigenvalue weighted by Crippen LogP contribution is 2.24. The van der Waals surface area contributed by atoms with E-state index in [9.17, 15) is 9.18 Å². The van der Waals surface area contributed by atoms with Gasteiger partial charge in [0.2, 0.25) is 0 Å². The number of benzene rings is 1. The largest absolute Gasteiger partial charge is 0.291 e. The standard InChI is InChI=1S/C19H12FN7O/c20-13-6-4-12(5-7-13)15-9-23-27-17(15)25-24-16-18(27)22-11-26(19(16)28)10-14-3-1-2-8-21-14/h1-9,11H,10H2. The molecule has 0 N–H and O–H groups in total. The molecule has 0 fully saturated rings. The predicted octanol–water partition coefficient (Wildman–Crippen LogP) is 2.08. The third-order valence-corrected chi connectivity index (χ3v) is 4.40. The second-order valence-electron chi connectivity index (χ2n) is 6.17. The van der Waals surface area contributed by atoms with Crippen LogP contribution in [0.25, 0.3) is 27.9 Å². The van der Waals surface area contributed by atoms with Gasteiger partial charge >= 0.3 is 0 Å². The molecule has 0 spiro atoms. The fourth-order valence-electron chi connectivity index (χ4n) is 3.01. The van der Waals surface area contributed by atoms with Gasteiger partial charge in [-0.05, 0) is 29.8 Å². The van der Waals surface area contributed by atoms with Gasteiger partial charge in [0.1, 0.15) is 12.1 Å². The normalized spacial score (nSPS) is 11.3. The summed E-state index contributed by atoms with van der Waals surface area (Å²) in [5.41, 5.74) is 2.68. The highest BCUT2D eigenvalue weighted by atomic mass is 19.1. The van der Waals surface area contributed by atoms with Crippen LogP contribution in [0.4, 0.5) is 4.39 Å². The lowest BCUT2D eigenvalue weighted by Crippen LogP contribution is -2.23. The molecule has 0 aliphatic heterocycles. The minimum Gasteiger partial charge on any atom is -0.291 e. The summed E-state index contributed by atoms with van der Waals surface area (Å²) < 4.78 is 16.1. The molecule has 28 heavy (non-hydrogen) atoms. The molecule has 4 aromatic heterocycles. The average Bonchev–Trinajstić information content (AvgIpc) is 3.16. The molecule has 0 aliphatic rings. The van der Waals surface area contributed by atoms with Crippen molar-refractivity contribution in [3.05, 3.63) is 83.1 Å². The van der Waals surface area contributed by atoms with E-state index >= 15 is 0 Å². The molecule has 0 aliphatic carbocycles. The Morgan fingerprint density at radius 2 is 1.82 bits per heavy atom. The first-order valence-corrected chi connectivity index (χ1v) is 8.46. The van der Waals surface area contributed by atoms with Crippen molar-refractivity contribution in [2.45, 2.75) is 6.54 Å². The number of fused-ring (bicyclic) bond motifs is 3. The summed E-state index contributed by atoms with van der Waals surface area (Å²) in [6.45, 7) is 0.280. The van der Waals surface area contributed by atoms with E-state index in [0.717, 1.165) is 11.3 Å². The van der Waals surface area contributed by atoms with Gasteiger partial charge < -0.3 is 0 Å². The van der Waals surface area contributed by atoms with Crippen molar-refractivity contribution < 1.29 is 4.39 Å². The second kappa shape index (κ2) is 6.31. The lowest BCUT2D eigenvalue weighted by molar-refractivity contribution is 0.628. The maximum atomic E-state index is 13.2. The summed E-state index contributed by atoms with van der Waals surface area (Å²) in [6, 6.07) is 11.5. The van der Waals surface area contributed by atoms with Crippen molar-refractivity contribution in [3.8, 4) is 11.1 Å². The van der Waals surface area contributed by atoms with Crippen molar-refractivity contribution in [2.75, 3.05) is 0 Å². The fraction of sp³-hybridized carbons (Fsp3) is 0.0526. The molecule has 5 rings (SSSR count). The van der Waals surface area contributed by atoms with Crippen LogP contribution >= 0.6 is 0 Å². The number of rotatable bonds is 3. The second-order valence-corrected chi connectivity index (χ2v) is 6.17. The molecule has 5 aromatic rings. The van der Waals surface area contributed by atoms with Crippen LogP contribution in [0.3, 0.4) is 0 Å². The molecule has 9 heteroatoms. The number of hydrogen-bond acceptors (Lipinski definition) is 6. The highest BCUT2D eigenvalue weighted by molar-refractivity contribution is 5.80. The Bertz CT molecular complexity index is 1360. The van der Waals surface area contributed by atoms with Crippen molar-refractivity contribution in [3.63, 3.8) is 0 Å². The molecule has 0 unspecified atom stereocenters. The van der Waals surface area contributed by atoms with Crippen LogP contribution < -0.4 is 5.56 Å². The number of nitrogens with zero attached hydrogens (tertiary/aromatic N) is 7. The summed E-state index contributed by atoms with van der Waals surface area (Å²) in [5.74, 6) is -0.327. The van der Waals surface area contributed by atoms with E-state index in [0.29, 0.717) is 16.9 Å². The van der Waals surface area contributed by atoms with Gasteiger partial charge in [0.25, 0.3) is 5.56 Å². The monoisotopic (exact) mass is 373 g/mol. The quantitative estimate of drug-likeness (QED) is 0.481. The molecule has 0 saturated carbocycles. The summed E-state index contributed by atoms with van der Waals surface area (Å²) in [4.78, 5) is 21.4. The molecular weight excluding hydrogens is 361 g/mol. The zero-order chi connectivity index (χ0) is 19.1. The lowest BCUT2D eigenvalue weighted by atomic mass is 10.1. The Morgan fingerprint density at radius 1 is 0.964 bits per heavy atom. The zero-order valence-corrected chi connectivity index (χ0v) is 14.4. The molecule has 8 nitrogen and oxygen atoms in total. The maximum Gasteiger partial charge on any atom is 0.283 e. The van der Waals surface area contributed by atoms with Gasteiger partial charge in [-0.2, -0.15) is 9.61 Å². The van der Waals surface area contributed by atoms with Gasteiger partial charge in [-0.3, -0.25) is 14.3 Å². The molecule has 0 bridgehead atoms. The fourth-order valence-corrected chi connectivity index (χ4v) is 3.01. The Hall–Kier alpha value is -4.01. The molecule has 4 heterocycles. The Balaban J connectivity index is 1.64. The van der Waals surface area contributed by atoms with E-state index in [1.165, 1.54) is 27.5 Å². The molecular formula is C19H12FN7O. The Labute approximate surface area is 157 Å². The van der Waals surface area contributed by atoms with Gasteiger partial charge in [0.15, 0.2) is 16.8 Å². The number of pyridine rings is 1. The van der Waals surface area contributed by atoms with Gasteiger partial charge in [-0.15, -0.1) is 10.2 Å². The first-order chi connectivity index (χ1) is 13.7. The SMILES string of the molecule is O=c1c2nnc3c(-c4ccc(F)cc4)cnn3c2ncn1Cc1ccccn1. The number of aromatic nitrogens is 7. The van der Waals surface area contributed by atoms with Gasteiger partial charge in [-0.1, -0.05) is 18.2 Å². The van der Waals surface area contributed by atoms with E-state index in [2.05, 4.69) is 25.3 Å². The third kappa shape index (κ3) is 2.60. The van der Waals surface area contributed by atoms with E-state index in [4.69, 9.17) is 0 Å². The van der Waals surface area contributed by atoms with Crippen LogP contribution in [0.1, 0.15) is 5.69 Å². The van der Waals surface area contributed by atoms with Crippen LogP contribution in [0.15, 0.2) is 66.0 Å². The number of halogens is 1. The summed E-state index contributed by atoms with van der Waals surface area (Å²) in [6.07, 6.45) is 4.70. The topological polar surface area (TPSA) is 90.9 Å². The van der Waals surface area contributed by atoms with Crippen molar-refractivity contribution in [1.29, 1.82) is 0 Å². The van der Waals surface area contributed by atoms with Crippen LogP contribution in [0, 0.1) is 5.82 Å². The smallest absolute Gasteiger partial charge is 0.283 e. The lowest BCUT2D eigenvalue weighted by Gasteiger charge is -2.06. The highest BCUT2D eigenvalue weighted by Gasteiger charge is 2.15. The average molecular weight is 373 g/mol. The van der Waals surface area contributed by atoms with Crippen LogP contribution in [-0.2, 0) is 6.54 Å². The van der Waals surface area contributed by atoms with E-state index < -0.39 is 0 Å². The van der Waals surface area contributed by atoms with Gasteiger partial charge in [0, 0.05) is 11.8 Å². The van der Waals surface area contributed by atoms with E-state index in [1.54, 1.807) is 24.5 Å². The van der Waals surface area contributed by atoms with Gasteiger partial charge in [-0.25, -0.2) is 9.37 Å². The van der Waals surface area contributed by atoms with E-state index in [-0.39, 0.29) is 23.4 Å². The minimum absolute atomic E-state index is 0.111. The van der Waals surface area contributed by atoms with Crippen LogP contribution in [0.2, 0.25) is 0 Å². The molecule has 136 valence electrons. The third-order valence-electron chi connectivity index (χ3n) is 4.40. The molecule has 0 atom stereocenters. The first-order valence-electron chi connectivity index (χ1n) is 8.46. The summed E-state index contributed by atoms with van der Waals surface area (Å²) in [7, 11) is 0. The van der Waals surface area contributed by atoms with Gasteiger partial charge in [0.05, 0.1) is 18.4 Å². The summed E-state index contributed by atoms with van der Waals surface area (Å²) >= 11 is 0. The van der Waals surface area contributed by atoms with Crippen LogP contribution in [-0.4, -0.2) is 34.3 Å². The molecule has 0 amide bonds. The molecule has 0 saturated heterocycles. The van der Waals surface area contributed by atoms with Crippen molar-refractivity contribution >= 4 is 16.8 Å². The summed E-state index contributed by atoms with van der Waals surface area (Å²) in [5, 5.41) is 12.5. The molecule has 1 aromatic carbocycles. The van der Waals surface area contributed by atoms with E-state index in [1.807, 2.05) is 18.2 Å². The zero-order valence-electron chi connectivity index (χ0n) is 14.4. The minimum atomic E-state index is -0.330. The predicted molar refractivity (Wildman–Crippen MR) is 99.1 cm³/mol. The maximum absolute atomic E-state index is 13.2. The van der Waals surface area contributed by atoms with Crippen molar-refractivity contribution in [1.82, 2.24) is 34.3 Å². The Morgan fingerprint density at radius 3 is 2.61 bits per heavy atom. The first kappa shape index (κ1) is 16.2. The Kier molecular flexibility index (Phi) is 3.64. The molecule has 0 radical (unpaired) electrons. The van der Waals surface area contributed by atoms with Crippen molar-refractivity contribution in [2.24, 2.45) is 0 Å².